The van der Waals surface area contributed by atoms with Crippen LogP contribution >= 0.6 is 0 Å². The molecule has 2 heterocycles. The summed E-state index contributed by atoms with van der Waals surface area (Å²) in [5.74, 6) is -0.545. The Hall–Kier alpha value is -3.74. The van der Waals surface area contributed by atoms with E-state index in [1.807, 2.05) is 36.4 Å². The molecule has 1 atom stereocenters. The number of ether oxygens (including phenoxy) is 1. The minimum Gasteiger partial charge on any atom is -0.464 e. The summed E-state index contributed by atoms with van der Waals surface area (Å²) in [6.07, 6.45) is 1.38. The number of Topliss-reactive ketones (excluding diaryl/α,β-unsaturated/α-hetero) is 1. The first-order chi connectivity index (χ1) is 13.2. The molecule has 0 fully saturated rings. The van der Waals surface area contributed by atoms with Gasteiger partial charge in [0.1, 0.15) is 18.1 Å². The lowest BCUT2D eigenvalue weighted by molar-refractivity contribution is -0.136. The van der Waals surface area contributed by atoms with Gasteiger partial charge < -0.3 is 10.1 Å². The van der Waals surface area contributed by atoms with Gasteiger partial charge in [0.15, 0.2) is 5.78 Å². The van der Waals surface area contributed by atoms with Gasteiger partial charge in [-0.05, 0) is 5.56 Å². The number of allylic oxidation sites excluding steroid dienone is 1. The van der Waals surface area contributed by atoms with Crippen molar-refractivity contribution in [3.8, 4) is 0 Å². The van der Waals surface area contributed by atoms with E-state index in [0.29, 0.717) is 11.5 Å². The predicted octanol–water partition coefficient (Wildman–Crippen LogP) is 2.60. The number of carbonyl (C=O) groups excluding carboxylic acids is 2. The number of aromatic nitrogens is 3. The van der Waals surface area contributed by atoms with E-state index in [-0.39, 0.29) is 17.1 Å². The van der Waals surface area contributed by atoms with Crippen LogP contribution in [0.3, 0.4) is 0 Å². The summed E-state index contributed by atoms with van der Waals surface area (Å²) in [6.45, 7) is 0. The topological polar surface area (TPSA) is 86.1 Å². The molecule has 1 aliphatic rings. The van der Waals surface area contributed by atoms with Crippen molar-refractivity contribution in [1.82, 2.24) is 14.8 Å². The summed E-state index contributed by atoms with van der Waals surface area (Å²) in [6, 6.07) is 17.6. The van der Waals surface area contributed by atoms with Gasteiger partial charge in [-0.25, -0.2) is 9.48 Å². The second-order valence-corrected chi connectivity index (χ2v) is 5.94. The maximum absolute atomic E-state index is 13.4. The van der Waals surface area contributed by atoms with Crippen molar-refractivity contribution < 1.29 is 14.3 Å². The Morgan fingerprint density at radius 3 is 2.37 bits per heavy atom. The van der Waals surface area contributed by atoms with E-state index in [4.69, 9.17) is 4.74 Å². The number of rotatable bonds is 4. The van der Waals surface area contributed by atoms with Crippen molar-refractivity contribution in [2.45, 2.75) is 6.04 Å². The zero-order valence-electron chi connectivity index (χ0n) is 14.5. The highest BCUT2D eigenvalue weighted by Crippen LogP contribution is 2.36. The molecule has 7 heteroatoms. The molecule has 0 radical (unpaired) electrons. The highest BCUT2D eigenvalue weighted by molar-refractivity contribution is 6.14. The molecule has 0 aliphatic carbocycles. The van der Waals surface area contributed by atoms with Crippen LogP contribution in [0.25, 0.3) is 0 Å². The van der Waals surface area contributed by atoms with E-state index < -0.39 is 12.0 Å². The van der Waals surface area contributed by atoms with Crippen molar-refractivity contribution in [3.05, 3.63) is 89.4 Å². The number of hydrogen-bond donors (Lipinski definition) is 1. The van der Waals surface area contributed by atoms with E-state index in [0.717, 1.165) is 5.56 Å². The lowest BCUT2D eigenvalue weighted by atomic mass is 9.89. The third-order valence-corrected chi connectivity index (χ3v) is 4.38. The van der Waals surface area contributed by atoms with Crippen molar-refractivity contribution >= 4 is 17.7 Å². The Labute approximate surface area is 155 Å². The van der Waals surface area contributed by atoms with Gasteiger partial charge in [0.2, 0.25) is 5.95 Å². The van der Waals surface area contributed by atoms with Gasteiger partial charge in [-0.2, -0.15) is 10.1 Å². The molecule has 0 spiro atoms. The molecule has 1 aromatic heterocycles. The number of nitrogens with one attached hydrogen (secondary N) is 1. The fourth-order valence-electron chi connectivity index (χ4n) is 3.16. The molecule has 4 rings (SSSR count). The first-order valence-corrected chi connectivity index (χ1v) is 8.34. The fraction of sp³-hybridized carbons (Fsp3) is 0.100. The Kier molecular flexibility index (Phi) is 4.25. The molecule has 134 valence electrons. The number of carbonyl (C=O) groups is 2. The number of benzene rings is 2. The number of fused-ring (bicyclic) bond motifs is 1. The van der Waals surface area contributed by atoms with Crippen LogP contribution in [0.4, 0.5) is 5.95 Å². The molecule has 1 aliphatic heterocycles. The molecule has 27 heavy (non-hydrogen) atoms. The maximum Gasteiger partial charge on any atom is 0.355 e. The average molecular weight is 360 g/mol. The standard InChI is InChI=1S/C20H16N4O3/c1-27-19(26)16-15(18(25)14-10-6-3-7-11-14)17(13-8-4-2-5-9-13)24-20(23-16)21-12-22-24/h2-12,17H,1H3,(H,21,22,23). The van der Waals surface area contributed by atoms with Gasteiger partial charge in [-0.3, -0.25) is 4.79 Å². The predicted molar refractivity (Wildman–Crippen MR) is 98.0 cm³/mol. The number of ketones is 1. The highest BCUT2D eigenvalue weighted by atomic mass is 16.5. The first-order valence-electron chi connectivity index (χ1n) is 8.34. The largest absolute Gasteiger partial charge is 0.464 e. The van der Waals surface area contributed by atoms with Crippen molar-refractivity contribution in [3.63, 3.8) is 0 Å². The lowest BCUT2D eigenvalue weighted by Crippen LogP contribution is -2.32. The number of methoxy groups -OCH3 is 1. The second kappa shape index (κ2) is 6.87. The van der Waals surface area contributed by atoms with E-state index >= 15 is 0 Å². The van der Waals surface area contributed by atoms with Gasteiger partial charge in [0.05, 0.1) is 12.7 Å². The fourth-order valence-corrected chi connectivity index (χ4v) is 3.16. The Bertz CT molecular complexity index is 1030. The molecule has 1 N–H and O–H groups in total. The summed E-state index contributed by atoms with van der Waals surface area (Å²) in [5.41, 5.74) is 1.62. The summed E-state index contributed by atoms with van der Waals surface area (Å²) in [5, 5.41) is 7.17. The molecule has 0 bridgehead atoms. The summed E-state index contributed by atoms with van der Waals surface area (Å²) in [4.78, 5) is 30.0. The summed E-state index contributed by atoms with van der Waals surface area (Å²) < 4.78 is 6.51. The molecule has 7 nitrogen and oxygen atoms in total. The third-order valence-electron chi connectivity index (χ3n) is 4.38. The van der Waals surface area contributed by atoms with Crippen LogP contribution in [0.2, 0.25) is 0 Å². The van der Waals surface area contributed by atoms with Crippen LogP contribution in [-0.2, 0) is 9.53 Å². The molecule has 3 aromatic rings. The van der Waals surface area contributed by atoms with Crippen LogP contribution in [0.15, 0.2) is 78.3 Å². The summed E-state index contributed by atoms with van der Waals surface area (Å²) >= 11 is 0. The van der Waals surface area contributed by atoms with Crippen molar-refractivity contribution in [1.29, 1.82) is 0 Å². The van der Waals surface area contributed by atoms with E-state index in [2.05, 4.69) is 15.4 Å². The molecule has 0 amide bonds. The van der Waals surface area contributed by atoms with Crippen molar-refractivity contribution in [2.75, 3.05) is 12.4 Å². The Morgan fingerprint density at radius 1 is 1.04 bits per heavy atom. The van der Waals surface area contributed by atoms with E-state index in [9.17, 15) is 9.59 Å². The van der Waals surface area contributed by atoms with Gasteiger partial charge in [-0.15, -0.1) is 0 Å². The summed E-state index contributed by atoms with van der Waals surface area (Å²) in [7, 11) is 1.28. The zero-order chi connectivity index (χ0) is 18.8. The van der Waals surface area contributed by atoms with E-state index in [1.54, 1.807) is 28.9 Å². The van der Waals surface area contributed by atoms with E-state index in [1.165, 1.54) is 13.4 Å². The number of anilines is 1. The van der Waals surface area contributed by atoms with Crippen LogP contribution in [-0.4, -0.2) is 33.6 Å². The number of hydrogen-bond acceptors (Lipinski definition) is 6. The van der Waals surface area contributed by atoms with Gasteiger partial charge in [0.25, 0.3) is 0 Å². The highest BCUT2D eigenvalue weighted by Gasteiger charge is 2.37. The molecule has 0 saturated heterocycles. The second-order valence-electron chi connectivity index (χ2n) is 5.94. The van der Waals surface area contributed by atoms with Gasteiger partial charge in [0, 0.05) is 5.56 Å². The molecular weight excluding hydrogens is 344 g/mol. The average Bonchev–Trinajstić information content (AvgIpc) is 3.21. The maximum atomic E-state index is 13.4. The molecule has 1 unspecified atom stereocenters. The Morgan fingerprint density at radius 2 is 1.70 bits per heavy atom. The SMILES string of the molecule is COC(=O)C1=C(C(=O)c2ccccc2)C(c2ccccc2)n2ncnc2N1. The molecule has 2 aromatic carbocycles. The zero-order valence-corrected chi connectivity index (χ0v) is 14.5. The Balaban J connectivity index is 1.96. The molecule has 0 saturated carbocycles. The normalized spacial score (nSPS) is 15.7. The van der Waals surface area contributed by atoms with Crippen LogP contribution in [0.1, 0.15) is 22.0 Å². The quantitative estimate of drug-likeness (QED) is 0.569. The number of nitrogens with zero attached hydrogens (tertiary/aromatic N) is 3. The van der Waals surface area contributed by atoms with Crippen LogP contribution < -0.4 is 5.32 Å². The monoisotopic (exact) mass is 360 g/mol. The third kappa shape index (κ3) is 2.89. The lowest BCUT2D eigenvalue weighted by Gasteiger charge is -2.28. The minimum atomic E-state index is -0.635. The van der Waals surface area contributed by atoms with Gasteiger partial charge >= 0.3 is 5.97 Å². The number of esters is 1. The first kappa shape index (κ1) is 16.7. The van der Waals surface area contributed by atoms with Crippen LogP contribution in [0.5, 0.6) is 0 Å². The van der Waals surface area contributed by atoms with Crippen molar-refractivity contribution in [2.24, 2.45) is 0 Å². The van der Waals surface area contributed by atoms with Crippen LogP contribution in [0, 0.1) is 0 Å². The smallest absolute Gasteiger partial charge is 0.355 e. The van der Waals surface area contributed by atoms with Gasteiger partial charge in [-0.1, -0.05) is 60.7 Å². The molecular formula is C20H16N4O3. The minimum absolute atomic E-state index is 0.0701.